The molecule has 1 heterocycles. The van der Waals surface area contributed by atoms with Gasteiger partial charge in [0.2, 0.25) is 0 Å². The molecule has 5 heteroatoms. The van der Waals surface area contributed by atoms with E-state index in [4.69, 9.17) is 23.2 Å². The summed E-state index contributed by atoms with van der Waals surface area (Å²) in [5.74, 6) is 0. The van der Waals surface area contributed by atoms with Crippen molar-refractivity contribution >= 4 is 23.2 Å². The number of aliphatic hydroxyl groups is 2. The molecule has 0 amide bonds. The van der Waals surface area contributed by atoms with Gasteiger partial charge in [-0.1, -0.05) is 53.9 Å². The molecule has 2 N–H and O–H groups in total. The summed E-state index contributed by atoms with van der Waals surface area (Å²) < 4.78 is 0. The smallest absolute Gasteiger partial charge is 0.117 e. The molecule has 1 fully saturated rings. The second-order valence-electron chi connectivity index (χ2n) is 7.09. The summed E-state index contributed by atoms with van der Waals surface area (Å²) in [7, 11) is 0. The van der Waals surface area contributed by atoms with Gasteiger partial charge in [-0.25, -0.2) is 0 Å². The van der Waals surface area contributed by atoms with Crippen LogP contribution < -0.4 is 0 Å². The average molecular weight is 394 g/mol. The maximum Gasteiger partial charge on any atom is 0.117 e. The van der Waals surface area contributed by atoms with Crippen LogP contribution in [0, 0.1) is 0 Å². The zero-order chi connectivity index (χ0) is 18.6. The Morgan fingerprint density at radius 2 is 1.31 bits per heavy atom. The normalized spacial score (nSPS) is 17.2. The van der Waals surface area contributed by atoms with E-state index in [-0.39, 0.29) is 6.42 Å². The average Bonchev–Trinajstić information content (AvgIpc) is 2.63. The Morgan fingerprint density at radius 1 is 0.846 bits per heavy atom. The van der Waals surface area contributed by atoms with Crippen molar-refractivity contribution in [3.63, 3.8) is 0 Å². The number of β-amino-alcohol motifs (C(OH)–C–C–N with tert-alkyl or cyclic N) is 1. The number of nitrogens with zero attached hydrogens (tertiary/aromatic N) is 1. The van der Waals surface area contributed by atoms with E-state index in [2.05, 4.69) is 4.90 Å². The van der Waals surface area contributed by atoms with E-state index in [1.807, 2.05) is 24.3 Å². The summed E-state index contributed by atoms with van der Waals surface area (Å²) in [6, 6.07) is 14.3. The number of halogens is 2. The van der Waals surface area contributed by atoms with E-state index >= 15 is 0 Å². The molecule has 1 unspecified atom stereocenters. The number of aliphatic hydroxyl groups excluding tert-OH is 1. The molecule has 2 aromatic rings. The van der Waals surface area contributed by atoms with Crippen molar-refractivity contribution in [3.05, 3.63) is 69.7 Å². The van der Waals surface area contributed by atoms with Crippen molar-refractivity contribution in [1.29, 1.82) is 0 Å². The second-order valence-corrected chi connectivity index (χ2v) is 7.97. The minimum Gasteiger partial charge on any atom is -0.392 e. The molecule has 26 heavy (non-hydrogen) atoms. The van der Waals surface area contributed by atoms with E-state index in [1.165, 1.54) is 19.3 Å². The third-order valence-corrected chi connectivity index (χ3v) is 5.60. The first-order valence-electron chi connectivity index (χ1n) is 9.12. The van der Waals surface area contributed by atoms with E-state index in [1.54, 1.807) is 24.3 Å². The molecule has 1 aliphatic rings. The Labute approximate surface area is 165 Å². The van der Waals surface area contributed by atoms with Crippen LogP contribution in [0.5, 0.6) is 0 Å². The van der Waals surface area contributed by atoms with E-state index in [9.17, 15) is 10.2 Å². The van der Waals surface area contributed by atoms with Gasteiger partial charge in [0, 0.05) is 23.0 Å². The zero-order valence-electron chi connectivity index (χ0n) is 14.7. The largest absolute Gasteiger partial charge is 0.392 e. The monoisotopic (exact) mass is 393 g/mol. The van der Waals surface area contributed by atoms with Crippen LogP contribution in [0.3, 0.4) is 0 Å². The minimum absolute atomic E-state index is 0.215. The Kier molecular flexibility index (Phi) is 6.60. The quantitative estimate of drug-likeness (QED) is 0.760. The lowest BCUT2D eigenvalue weighted by atomic mass is 9.81. The molecule has 2 aromatic carbocycles. The lowest BCUT2D eigenvalue weighted by Crippen LogP contribution is -2.40. The summed E-state index contributed by atoms with van der Waals surface area (Å²) in [4.78, 5) is 2.28. The van der Waals surface area contributed by atoms with Crippen LogP contribution in [-0.2, 0) is 5.60 Å². The van der Waals surface area contributed by atoms with Crippen molar-refractivity contribution in [3.8, 4) is 0 Å². The fourth-order valence-corrected chi connectivity index (χ4v) is 3.95. The van der Waals surface area contributed by atoms with Gasteiger partial charge in [-0.05, 0) is 61.3 Å². The molecule has 1 atom stereocenters. The highest BCUT2D eigenvalue weighted by atomic mass is 35.5. The zero-order valence-corrected chi connectivity index (χ0v) is 16.3. The van der Waals surface area contributed by atoms with Crippen LogP contribution in [0.25, 0.3) is 0 Å². The molecule has 1 saturated heterocycles. The Balaban J connectivity index is 1.84. The number of hydrogen-bond acceptors (Lipinski definition) is 3. The lowest BCUT2D eigenvalue weighted by molar-refractivity contribution is 0.00216. The number of benzene rings is 2. The van der Waals surface area contributed by atoms with Gasteiger partial charge in [-0.15, -0.1) is 0 Å². The lowest BCUT2D eigenvalue weighted by Gasteiger charge is -2.34. The van der Waals surface area contributed by atoms with Crippen molar-refractivity contribution < 1.29 is 10.2 Å². The third kappa shape index (κ3) is 4.79. The topological polar surface area (TPSA) is 43.7 Å². The SMILES string of the molecule is OC(CN1CCCCC1)CC(O)(c1ccc(Cl)cc1)c1ccc(Cl)cc1. The third-order valence-electron chi connectivity index (χ3n) is 5.09. The Hall–Kier alpha value is -1.10. The molecule has 0 spiro atoms. The molecule has 140 valence electrons. The molecule has 0 bridgehead atoms. The highest BCUT2D eigenvalue weighted by Crippen LogP contribution is 2.35. The fourth-order valence-electron chi connectivity index (χ4n) is 3.70. The first kappa shape index (κ1) is 19.7. The molecule has 3 nitrogen and oxygen atoms in total. The maximum absolute atomic E-state index is 11.6. The van der Waals surface area contributed by atoms with Crippen LogP contribution in [0.4, 0.5) is 0 Å². The van der Waals surface area contributed by atoms with E-state index in [0.29, 0.717) is 27.7 Å². The summed E-state index contributed by atoms with van der Waals surface area (Å²) in [6.07, 6.45) is 3.18. The van der Waals surface area contributed by atoms with Gasteiger partial charge in [0.1, 0.15) is 5.60 Å². The van der Waals surface area contributed by atoms with Crippen molar-refractivity contribution in [1.82, 2.24) is 4.90 Å². The molecular weight excluding hydrogens is 369 g/mol. The summed E-state index contributed by atoms with van der Waals surface area (Å²) in [5, 5.41) is 23.5. The van der Waals surface area contributed by atoms with Crippen LogP contribution in [0.1, 0.15) is 36.8 Å². The van der Waals surface area contributed by atoms with Gasteiger partial charge >= 0.3 is 0 Å². The minimum atomic E-state index is -1.30. The molecule has 0 saturated carbocycles. The number of likely N-dealkylation sites (tertiary alicyclic amines) is 1. The number of hydrogen-bond donors (Lipinski definition) is 2. The Morgan fingerprint density at radius 3 is 1.77 bits per heavy atom. The van der Waals surface area contributed by atoms with Crippen LogP contribution >= 0.6 is 23.2 Å². The van der Waals surface area contributed by atoms with Crippen molar-refractivity contribution in [2.75, 3.05) is 19.6 Å². The predicted molar refractivity (Wildman–Crippen MR) is 107 cm³/mol. The number of rotatable bonds is 6. The highest BCUT2D eigenvalue weighted by Gasteiger charge is 2.34. The first-order chi connectivity index (χ1) is 12.5. The van der Waals surface area contributed by atoms with Gasteiger partial charge in [-0.2, -0.15) is 0 Å². The summed E-state index contributed by atoms with van der Waals surface area (Å²) >= 11 is 12.0. The molecule has 0 aromatic heterocycles. The van der Waals surface area contributed by atoms with Crippen LogP contribution in [0.2, 0.25) is 10.0 Å². The molecule has 1 aliphatic heterocycles. The van der Waals surface area contributed by atoms with Crippen LogP contribution in [-0.4, -0.2) is 40.9 Å². The fraction of sp³-hybridized carbons (Fsp3) is 0.429. The molecule has 3 rings (SSSR count). The van der Waals surface area contributed by atoms with Crippen molar-refractivity contribution in [2.45, 2.75) is 37.4 Å². The maximum atomic E-state index is 11.6. The van der Waals surface area contributed by atoms with E-state index in [0.717, 1.165) is 13.1 Å². The number of piperidine rings is 1. The Bertz CT molecular complexity index is 651. The van der Waals surface area contributed by atoms with E-state index < -0.39 is 11.7 Å². The molecule has 0 aliphatic carbocycles. The predicted octanol–water partition coefficient (Wildman–Crippen LogP) is 4.47. The van der Waals surface area contributed by atoms with Gasteiger partial charge in [0.05, 0.1) is 6.10 Å². The van der Waals surface area contributed by atoms with Crippen molar-refractivity contribution in [2.24, 2.45) is 0 Å². The van der Waals surface area contributed by atoms with Gasteiger partial charge < -0.3 is 15.1 Å². The first-order valence-corrected chi connectivity index (χ1v) is 9.88. The van der Waals surface area contributed by atoms with Crippen LogP contribution in [0.15, 0.2) is 48.5 Å². The molecular formula is C21H25Cl2NO2. The second kappa shape index (κ2) is 8.73. The van der Waals surface area contributed by atoms with Gasteiger partial charge in [-0.3, -0.25) is 0 Å². The van der Waals surface area contributed by atoms with Gasteiger partial charge in [0.15, 0.2) is 0 Å². The highest BCUT2D eigenvalue weighted by molar-refractivity contribution is 6.30. The molecule has 0 radical (unpaired) electrons. The standard InChI is InChI=1S/C21H25Cl2NO2/c22-18-8-4-16(5-9-18)21(26,17-6-10-19(23)11-7-17)14-20(25)15-24-12-2-1-3-13-24/h4-11,20,25-26H,1-3,12-15H2. The van der Waals surface area contributed by atoms with Gasteiger partial charge in [0.25, 0.3) is 0 Å². The summed E-state index contributed by atoms with van der Waals surface area (Å²) in [6.45, 7) is 2.60. The summed E-state index contributed by atoms with van der Waals surface area (Å²) in [5.41, 5.74) is 0.119.